The Hall–Kier alpha value is -3.29. The second kappa shape index (κ2) is 9.29. The van der Waals surface area contributed by atoms with E-state index >= 15 is 0 Å². The second-order valence-corrected chi connectivity index (χ2v) is 9.30. The van der Waals surface area contributed by atoms with Crippen LogP contribution < -0.4 is 4.90 Å². The van der Waals surface area contributed by atoms with Gasteiger partial charge in [-0.15, -0.1) is 21.5 Å². The molecule has 1 saturated heterocycles. The molecule has 8 heteroatoms. The zero-order valence-corrected chi connectivity index (χ0v) is 19.7. The summed E-state index contributed by atoms with van der Waals surface area (Å²) >= 11 is 7.43. The van der Waals surface area contributed by atoms with E-state index in [-0.39, 0.29) is 5.91 Å². The van der Waals surface area contributed by atoms with Crippen LogP contribution in [-0.2, 0) is 0 Å². The molecule has 1 amide bonds. The zero-order valence-electron chi connectivity index (χ0n) is 18.1. The largest absolute Gasteiger partial charge is 0.352 e. The second-order valence-electron chi connectivity index (χ2n) is 7.86. The molecule has 0 unspecified atom stereocenters. The van der Waals surface area contributed by atoms with Gasteiger partial charge in [-0.2, -0.15) is 0 Å². The highest BCUT2D eigenvalue weighted by molar-refractivity contribution is 7.17. The maximum atomic E-state index is 13.2. The molecule has 1 fully saturated rings. The minimum absolute atomic E-state index is 0.0519. The van der Waals surface area contributed by atoms with Crippen molar-refractivity contribution in [1.29, 1.82) is 0 Å². The monoisotopic (exact) mass is 475 g/mol. The zero-order chi connectivity index (χ0) is 22.8. The number of carbonyl (C=O) groups excluding carboxylic acids is 1. The number of aromatic nitrogens is 3. The number of anilines is 1. The van der Waals surface area contributed by atoms with Crippen molar-refractivity contribution in [3.8, 4) is 21.8 Å². The van der Waals surface area contributed by atoms with Gasteiger partial charge < -0.3 is 9.80 Å². The molecule has 1 aliphatic rings. The van der Waals surface area contributed by atoms with Gasteiger partial charge in [0.1, 0.15) is 9.88 Å². The number of hydrogen-bond acceptors (Lipinski definition) is 6. The summed E-state index contributed by atoms with van der Waals surface area (Å²) < 4.78 is 0. The Morgan fingerprint density at radius 3 is 2.27 bits per heavy atom. The standard InChI is InChI=1S/C25H22ClN5OS/c1-17-23(33-24(27-17)19-5-3-2-4-6-19)25(32)31-15-13-30(14-16-31)22-12-11-21(28-29-22)18-7-9-20(26)10-8-18/h2-12H,13-16H2,1H3. The van der Waals surface area contributed by atoms with Gasteiger partial charge in [-0.25, -0.2) is 4.98 Å². The molecule has 33 heavy (non-hydrogen) atoms. The van der Waals surface area contributed by atoms with Crippen LogP contribution >= 0.6 is 22.9 Å². The molecule has 0 radical (unpaired) electrons. The van der Waals surface area contributed by atoms with Crippen molar-refractivity contribution in [2.24, 2.45) is 0 Å². The summed E-state index contributed by atoms with van der Waals surface area (Å²) in [7, 11) is 0. The highest BCUT2D eigenvalue weighted by Crippen LogP contribution is 2.29. The third kappa shape index (κ3) is 4.60. The maximum Gasteiger partial charge on any atom is 0.265 e. The summed E-state index contributed by atoms with van der Waals surface area (Å²) in [5, 5.41) is 10.4. The summed E-state index contributed by atoms with van der Waals surface area (Å²) in [4.78, 5) is 22.6. The minimum atomic E-state index is 0.0519. The number of piperazine rings is 1. The van der Waals surface area contributed by atoms with E-state index in [1.807, 2.05) is 78.6 Å². The fraction of sp³-hybridized carbons (Fsp3) is 0.200. The first-order valence-corrected chi connectivity index (χ1v) is 11.9. The summed E-state index contributed by atoms with van der Waals surface area (Å²) in [5.74, 6) is 0.871. The molecule has 0 atom stereocenters. The lowest BCUT2D eigenvalue weighted by molar-refractivity contribution is 0.0750. The summed E-state index contributed by atoms with van der Waals surface area (Å²) in [6.07, 6.45) is 0. The molecule has 0 saturated carbocycles. The highest BCUT2D eigenvalue weighted by Gasteiger charge is 2.26. The van der Waals surface area contributed by atoms with Crippen LogP contribution in [-0.4, -0.2) is 52.2 Å². The molecule has 0 aliphatic carbocycles. The van der Waals surface area contributed by atoms with Gasteiger partial charge in [0.2, 0.25) is 0 Å². The number of rotatable bonds is 4. The molecule has 6 nitrogen and oxygen atoms in total. The number of benzene rings is 2. The van der Waals surface area contributed by atoms with Gasteiger partial charge in [0, 0.05) is 42.3 Å². The molecule has 0 N–H and O–H groups in total. The molecule has 2 aromatic heterocycles. The fourth-order valence-corrected chi connectivity index (χ4v) is 5.02. The van der Waals surface area contributed by atoms with Gasteiger partial charge in [0.25, 0.3) is 5.91 Å². The van der Waals surface area contributed by atoms with Crippen LogP contribution in [0.3, 0.4) is 0 Å². The Bertz CT molecular complexity index is 1250. The van der Waals surface area contributed by atoms with Crippen LogP contribution in [0, 0.1) is 6.92 Å². The van der Waals surface area contributed by atoms with E-state index in [2.05, 4.69) is 20.1 Å². The van der Waals surface area contributed by atoms with Crippen molar-refractivity contribution in [3.05, 3.63) is 82.3 Å². The predicted octanol–water partition coefficient (Wildman–Crippen LogP) is 5.19. The molecule has 5 rings (SSSR count). The van der Waals surface area contributed by atoms with E-state index < -0.39 is 0 Å². The quantitative estimate of drug-likeness (QED) is 0.406. The van der Waals surface area contributed by atoms with Crippen molar-refractivity contribution in [2.75, 3.05) is 31.1 Å². The van der Waals surface area contributed by atoms with Crippen LogP contribution in [0.4, 0.5) is 5.82 Å². The Labute approximate surface area is 201 Å². The van der Waals surface area contributed by atoms with Crippen molar-refractivity contribution in [1.82, 2.24) is 20.1 Å². The number of thiazole rings is 1. The molecular formula is C25H22ClN5OS. The van der Waals surface area contributed by atoms with Crippen LogP contribution in [0.1, 0.15) is 15.4 Å². The normalized spacial score (nSPS) is 13.9. The SMILES string of the molecule is Cc1nc(-c2ccccc2)sc1C(=O)N1CCN(c2ccc(-c3ccc(Cl)cc3)nn2)CC1. The average Bonchev–Trinajstić information content (AvgIpc) is 3.26. The van der Waals surface area contributed by atoms with Crippen LogP contribution in [0.2, 0.25) is 5.02 Å². The number of aryl methyl sites for hydroxylation is 1. The fourth-order valence-electron chi connectivity index (χ4n) is 3.85. The number of halogens is 1. The molecule has 0 spiro atoms. The van der Waals surface area contributed by atoms with Crippen molar-refractivity contribution < 1.29 is 4.79 Å². The molecule has 166 valence electrons. The Morgan fingerprint density at radius 2 is 1.61 bits per heavy atom. The lowest BCUT2D eigenvalue weighted by Crippen LogP contribution is -2.49. The van der Waals surface area contributed by atoms with Gasteiger partial charge in [0.15, 0.2) is 5.82 Å². The van der Waals surface area contributed by atoms with Gasteiger partial charge in [-0.3, -0.25) is 4.79 Å². The molecule has 4 aromatic rings. The highest BCUT2D eigenvalue weighted by atomic mass is 35.5. The molecule has 3 heterocycles. The van der Waals surface area contributed by atoms with E-state index in [1.165, 1.54) is 11.3 Å². The van der Waals surface area contributed by atoms with Crippen molar-refractivity contribution >= 4 is 34.7 Å². The predicted molar refractivity (Wildman–Crippen MR) is 133 cm³/mol. The Kier molecular flexibility index (Phi) is 6.07. The summed E-state index contributed by atoms with van der Waals surface area (Å²) in [6, 6.07) is 21.5. The lowest BCUT2D eigenvalue weighted by Gasteiger charge is -2.35. The first kappa shape index (κ1) is 21.6. The Balaban J connectivity index is 1.23. The maximum absolute atomic E-state index is 13.2. The topological polar surface area (TPSA) is 62.2 Å². The lowest BCUT2D eigenvalue weighted by atomic mass is 10.1. The van der Waals surface area contributed by atoms with E-state index in [0.717, 1.165) is 38.2 Å². The van der Waals surface area contributed by atoms with Crippen LogP contribution in [0.25, 0.3) is 21.8 Å². The van der Waals surface area contributed by atoms with Gasteiger partial charge in [-0.1, -0.05) is 54.1 Å². The van der Waals surface area contributed by atoms with Gasteiger partial charge >= 0.3 is 0 Å². The van der Waals surface area contributed by atoms with E-state index in [0.29, 0.717) is 31.2 Å². The molecule has 0 bridgehead atoms. The van der Waals surface area contributed by atoms with Crippen molar-refractivity contribution in [2.45, 2.75) is 6.92 Å². The van der Waals surface area contributed by atoms with Gasteiger partial charge in [-0.05, 0) is 31.2 Å². The van der Waals surface area contributed by atoms with E-state index in [9.17, 15) is 4.79 Å². The number of nitrogens with zero attached hydrogens (tertiary/aromatic N) is 5. The minimum Gasteiger partial charge on any atom is -0.352 e. The smallest absolute Gasteiger partial charge is 0.265 e. The number of amides is 1. The summed E-state index contributed by atoms with van der Waals surface area (Å²) in [5.41, 5.74) is 3.60. The third-order valence-corrected chi connectivity index (χ3v) is 7.14. The molecule has 2 aromatic carbocycles. The number of carbonyl (C=O) groups is 1. The van der Waals surface area contributed by atoms with E-state index in [1.54, 1.807) is 0 Å². The average molecular weight is 476 g/mol. The molecular weight excluding hydrogens is 454 g/mol. The first-order valence-electron chi connectivity index (χ1n) is 10.8. The first-order chi connectivity index (χ1) is 16.1. The Morgan fingerprint density at radius 1 is 0.879 bits per heavy atom. The van der Waals surface area contributed by atoms with E-state index in [4.69, 9.17) is 11.6 Å². The third-order valence-electron chi connectivity index (χ3n) is 5.69. The number of hydrogen-bond donors (Lipinski definition) is 0. The van der Waals surface area contributed by atoms with Crippen LogP contribution in [0.5, 0.6) is 0 Å². The molecule has 1 aliphatic heterocycles. The van der Waals surface area contributed by atoms with Gasteiger partial charge in [0.05, 0.1) is 11.4 Å². The van der Waals surface area contributed by atoms with Crippen molar-refractivity contribution in [3.63, 3.8) is 0 Å². The van der Waals surface area contributed by atoms with Crippen LogP contribution in [0.15, 0.2) is 66.7 Å². The summed E-state index contributed by atoms with van der Waals surface area (Å²) in [6.45, 7) is 4.60.